The van der Waals surface area contributed by atoms with Gasteiger partial charge in [-0.3, -0.25) is 9.59 Å². The van der Waals surface area contributed by atoms with Crippen molar-refractivity contribution in [3.05, 3.63) is 0 Å². The van der Waals surface area contributed by atoms with Crippen molar-refractivity contribution in [1.29, 1.82) is 0 Å². The van der Waals surface area contributed by atoms with Gasteiger partial charge in [0.1, 0.15) is 0 Å². The molecule has 4 heteroatoms. The van der Waals surface area contributed by atoms with Gasteiger partial charge in [0.05, 0.1) is 5.41 Å². The molecular formula is C13H23NO3. The molecule has 0 aromatic rings. The highest BCUT2D eigenvalue weighted by Gasteiger charge is 2.58. The van der Waals surface area contributed by atoms with E-state index in [-0.39, 0.29) is 17.9 Å². The van der Waals surface area contributed by atoms with Gasteiger partial charge in [0.25, 0.3) is 0 Å². The maximum Gasteiger partial charge on any atom is 0.309 e. The molecule has 0 aromatic heterocycles. The Morgan fingerprint density at radius 3 is 2.18 bits per heavy atom. The van der Waals surface area contributed by atoms with E-state index in [1.807, 2.05) is 27.7 Å². The molecule has 1 amide bonds. The van der Waals surface area contributed by atoms with Gasteiger partial charge < -0.3 is 10.4 Å². The molecule has 17 heavy (non-hydrogen) atoms. The van der Waals surface area contributed by atoms with Crippen molar-refractivity contribution < 1.29 is 14.7 Å². The van der Waals surface area contributed by atoms with Crippen molar-refractivity contribution in [3.8, 4) is 0 Å². The van der Waals surface area contributed by atoms with Crippen molar-refractivity contribution in [2.45, 2.75) is 53.5 Å². The van der Waals surface area contributed by atoms with Crippen LogP contribution in [-0.4, -0.2) is 23.0 Å². The molecule has 2 N–H and O–H groups in total. The molecule has 1 saturated carbocycles. The summed E-state index contributed by atoms with van der Waals surface area (Å²) in [7, 11) is 0. The first kappa shape index (κ1) is 14.0. The predicted octanol–water partition coefficient (Wildman–Crippen LogP) is 2.04. The lowest BCUT2D eigenvalue weighted by molar-refractivity contribution is -0.155. The van der Waals surface area contributed by atoms with Gasteiger partial charge >= 0.3 is 5.97 Å². The standard InChI is InChI=1S/C13H23NO3/c1-8(2)14-10(15)9-6-7-13(5,11(16)17)12(9,3)4/h8-9H,6-7H2,1-5H3,(H,14,15)(H,16,17)/t9-,13+/m1/s1. The Hall–Kier alpha value is -1.06. The molecule has 1 aliphatic rings. The highest BCUT2D eigenvalue weighted by atomic mass is 16.4. The third-order valence-electron chi connectivity index (χ3n) is 4.45. The van der Waals surface area contributed by atoms with Gasteiger partial charge in [0.2, 0.25) is 5.91 Å². The van der Waals surface area contributed by atoms with Crippen LogP contribution in [0.15, 0.2) is 0 Å². The zero-order valence-electron chi connectivity index (χ0n) is 11.3. The molecule has 0 spiro atoms. The molecule has 0 aliphatic heterocycles. The SMILES string of the molecule is CC(C)NC(=O)[C@H]1CC[C@@](C)(C(=O)O)C1(C)C. The minimum Gasteiger partial charge on any atom is -0.481 e. The van der Waals surface area contributed by atoms with Gasteiger partial charge in [-0.1, -0.05) is 13.8 Å². The zero-order valence-corrected chi connectivity index (χ0v) is 11.3. The van der Waals surface area contributed by atoms with Crippen molar-refractivity contribution >= 4 is 11.9 Å². The summed E-state index contributed by atoms with van der Waals surface area (Å²) >= 11 is 0. The van der Waals surface area contributed by atoms with Crippen LogP contribution in [0.3, 0.4) is 0 Å². The molecule has 4 nitrogen and oxygen atoms in total. The number of nitrogens with one attached hydrogen (secondary N) is 1. The molecule has 0 saturated heterocycles. The molecular weight excluding hydrogens is 218 g/mol. The molecule has 1 aliphatic carbocycles. The summed E-state index contributed by atoms with van der Waals surface area (Å²) in [4.78, 5) is 23.5. The fourth-order valence-electron chi connectivity index (χ4n) is 2.73. The molecule has 1 rings (SSSR count). The highest BCUT2D eigenvalue weighted by molar-refractivity contribution is 5.84. The third-order valence-corrected chi connectivity index (χ3v) is 4.45. The summed E-state index contributed by atoms with van der Waals surface area (Å²) in [5, 5.41) is 12.2. The Balaban J connectivity index is 2.93. The van der Waals surface area contributed by atoms with Crippen LogP contribution in [-0.2, 0) is 9.59 Å². The quantitative estimate of drug-likeness (QED) is 0.794. The fraction of sp³-hybridized carbons (Fsp3) is 0.846. The van der Waals surface area contributed by atoms with Crippen LogP contribution in [0.5, 0.6) is 0 Å². The second-order valence-corrected chi connectivity index (χ2v) is 6.11. The molecule has 98 valence electrons. The molecule has 0 aromatic carbocycles. The zero-order chi connectivity index (χ0) is 13.4. The Morgan fingerprint density at radius 2 is 1.82 bits per heavy atom. The van der Waals surface area contributed by atoms with E-state index in [2.05, 4.69) is 5.32 Å². The largest absolute Gasteiger partial charge is 0.481 e. The van der Waals surface area contributed by atoms with Gasteiger partial charge in [-0.2, -0.15) is 0 Å². The molecule has 0 unspecified atom stereocenters. The minimum atomic E-state index is -0.814. The summed E-state index contributed by atoms with van der Waals surface area (Å²) in [6, 6.07) is 0.0926. The number of carbonyl (C=O) groups excluding carboxylic acids is 1. The van der Waals surface area contributed by atoms with Crippen LogP contribution in [0, 0.1) is 16.7 Å². The van der Waals surface area contributed by atoms with E-state index < -0.39 is 16.8 Å². The molecule has 0 bridgehead atoms. The number of hydrogen-bond donors (Lipinski definition) is 2. The highest BCUT2D eigenvalue weighted by Crippen LogP contribution is 2.56. The monoisotopic (exact) mass is 241 g/mol. The van der Waals surface area contributed by atoms with Crippen molar-refractivity contribution in [2.75, 3.05) is 0 Å². The second kappa shape index (κ2) is 4.31. The van der Waals surface area contributed by atoms with Crippen molar-refractivity contribution in [2.24, 2.45) is 16.7 Å². The Morgan fingerprint density at radius 1 is 1.29 bits per heavy atom. The third kappa shape index (κ3) is 2.17. The molecule has 0 heterocycles. The van der Waals surface area contributed by atoms with E-state index in [0.717, 1.165) is 0 Å². The first-order chi connectivity index (χ1) is 7.63. The molecule has 1 fully saturated rings. The minimum absolute atomic E-state index is 0.0185. The molecule has 2 atom stereocenters. The first-order valence-corrected chi connectivity index (χ1v) is 6.16. The van der Waals surface area contributed by atoms with E-state index in [9.17, 15) is 14.7 Å². The van der Waals surface area contributed by atoms with Gasteiger partial charge in [-0.05, 0) is 39.0 Å². The average Bonchev–Trinajstić information content (AvgIpc) is 2.38. The number of aliphatic carboxylic acids is 1. The summed E-state index contributed by atoms with van der Waals surface area (Å²) in [6.45, 7) is 9.35. The van der Waals surface area contributed by atoms with Gasteiger partial charge in [0, 0.05) is 12.0 Å². The lowest BCUT2D eigenvalue weighted by atomic mass is 9.65. The van der Waals surface area contributed by atoms with Gasteiger partial charge in [0.15, 0.2) is 0 Å². The smallest absolute Gasteiger partial charge is 0.309 e. The normalized spacial score (nSPS) is 31.5. The summed E-state index contributed by atoms with van der Waals surface area (Å²) in [6.07, 6.45) is 1.21. The topological polar surface area (TPSA) is 66.4 Å². The van der Waals surface area contributed by atoms with Crippen LogP contribution < -0.4 is 5.32 Å². The van der Waals surface area contributed by atoms with E-state index in [0.29, 0.717) is 12.8 Å². The first-order valence-electron chi connectivity index (χ1n) is 6.16. The second-order valence-electron chi connectivity index (χ2n) is 6.11. The van der Waals surface area contributed by atoms with E-state index in [1.165, 1.54) is 0 Å². The average molecular weight is 241 g/mol. The van der Waals surface area contributed by atoms with Crippen LogP contribution in [0.2, 0.25) is 0 Å². The van der Waals surface area contributed by atoms with Gasteiger partial charge in [-0.15, -0.1) is 0 Å². The number of carbonyl (C=O) groups is 2. The maximum atomic E-state index is 12.1. The number of carboxylic acid groups (broad SMARTS) is 1. The Labute approximate surface area is 103 Å². The maximum absolute atomic E-state index is 12.1. The lowest BCUT2D eigenvalue weighted by Gasteiger charge is -2.38. The van der Waals surface area contributed by atoms with Crippen molar-refractivity contribution in [1.82, 2.24) is 5.32 Å². The lowest BCUT2D eigenvalue weighted by Crippen LogP contribution is -2.46. The Bertz CT molecular complexity index is 336. The summed E-state index contributed by atoms with van der Waals surface area (Å²) < 4.78 is 0. The number of hydrogen-bond acceptors (Lipinski definition) is 2. The van der Waals surface area contributed by atoms with Crippen LogP contribution in [0.4, 0.5) is 0 Å². The predicted molar refractivity (Wildman–Crippen MR) is 65.5 cm³/mol. The number of rotatable bonds is 3. The number of amides is 1. The van der Waals surface area contributed by atoms with E-state index >= 15 is 0 Å². The van der Waals surface area contributed by atoms with Crippen LogP contribution >= 0.6 is 0 Å². The number of carboxylic acids is 1. The molecule has 0 radical (unpaired) electrons. The van der Waals surface area contributed by atoms with Crippen LogP contribution in [0.1, 0.15) is 47.5 Å². The fourth-order valence-corrected chi connectivity index (χ4v) is 2.73. The van der Waals surface area contributed by atoms with Crippen LogP contribution in [0.25, 0.3) is 0 Å². The van der Waals surface area contributed by atoms with E-state index in [4.69, 9.17) is 0 Å². The summed E-state index contributed by atoms with van der Waals surface area (Å²) in [5.41, 5.74) is -1.33. The summed E-state index contributed by atoms with van der Waals surface area (Å²) in [5.74, 6) is -1.04. The Kier molecular flexibility index (Phi) is 3.55. The van der Waals surface area contributed by atoms with E-state index in [1.54, 1.807) is 6.92 Å². The van der Waals surface area contributed by atoms with Crippen molar-refractivity contribution in [3.63, 3.8) is 0 Å². The van der Waals surface area contributed by atoms with Gasteiger partial charge in [-0.25, -0.2) is 0 Å².